The number of anilines is 1. The van der Waals surface area contributed by atoms with Crippen LogP contribution in [0.4, 0.5) is 5.69 Å². The average Bonchev–Trinajstić information content (AvgIpc) is 2.60. The number of methoxy groups -OCH3 is 2. The van der Waals surface area contributed by atoms with E-state index in [0.717, 1.165) is 0 Å². The number of pyridine rings is 1. The highest BCUT2D eigenvalue weighted by Crippen LogP contribution is 2.29. The quantitative estimate of drug-likeness (QED) is 0.877. The van der Waals surface area contributed by atoms with Gasteiger partial charge in [-0.15, -0.1) is 0 Å². The monoisotopic (exact) mass is 356 g/mol. The molecule has 0 saturated carbocycles. The highest BCUT2D eigenvalue weighted by molar-refractivity contribution is 6.07. The van der Waals surface area contributed by atoms with Crippen molar-refractivity contribution in [2.45, 2.75) is 19.8 Å². The molecule has 2 N–H and O–H groups in total. The fraction of sp³-hybridized carbons (Fsp3) is 0.316. The summed E-state index contributed by atoms with van der Waals surface area (Å²) < 4.78 is 10.4. The number of aromatic amines is 1. The van der Waals surface area contributed by atoms with Crippen molar-refractivity contribution in [2.24, 2.45) is 5.92 Å². The number of ketones is 1. The molecular weight excluding hydrogens is 336 g/mol. The predicted molar refractivity (Wildman–Crippen MR) is 96.4 cm³/mol. The first-order valence-corrected chi connectivity index (χ1v) is 8.25. The molecule has 1 atom stereocenters. The second-order valence-electron chi connectivity index (χ2n) is 6.36. The van der Waals surface area contributed by atoms with Crippen molar-refractivity contribution in [3.05, 3.63) is 51.4 Å². The maximum atomic E-state index is 12.6. The number of H-pyrrole nitrogens is 1. The van der Waals surface area contributed by atoms with Gasteiger partial charge in [-0.25, -0.2) is 0 Å². The van der Waals surface area contributed by atoms with Crippen LogP contribution in [-0.4, -0.2) is 30.9 Å². The first-order valence-electron chi connectivity index (χ1n) is 8.25. The molecule has 1 aromatic heterocycles. The summed E-state index contributed by atoms with van der Waals surface area (Å²) in [6.07, 6.45) is 1.02. The largest absolute Gasteiger partial charge is 0.497 e. The van der Waals surface area contributed by atoms with Crippen LogP contribution in [0.25, 0.3) is 0 Å². The van der Waals surface area contributed by atoms with Gasteiger partial charge in [-0.05, 0) is 30.5 Å². The Balaban J connectivity index is 1.95. The van der Waals surface area contributed by atoms with Crippen molar-refractivity contribution < 1.29 is 19.1 Å². The molecule has 0 aliphatic heterocycles. The van der Waals surface area contributed by atoms with E-state index in [0.29, 0.717) is 41.3 Å². The van der Waals surface area contributed by atoms with Gasteiger partial charge in [0, 0.05) is 23.7 Å². The Morgan fingerprint density at radius 3 is 2.62 bits per heavy atom. The van der Waals surface area contributed by atoms with E-state index in [2.05, 4.69) is 10.3 Å². The minimum atomic E-state index is -0.618. The number of hydrogen-bond donors (Lipinski definition) is 2. The zero-order valence-electron chi connectivity index (χ0n) is 14.8. The van der Waals surface area contributed by atoms with E-state index in [1.807, 2.05) is 6.92 Å². The number of fused-ring (bicyclic) bond motifs is 1. The van der Waals surface area contributed by atoms with Gasteiger partial charge >= 0.3 is 0 Å². The van der Waals surface area contributed by atoms with Crippen molar-refractivity contribution in [1.29, 1.82) is 0 Å². The molecule has 1 amide bonds. The number of carbonyl (C=O) groups is 2. The summed E-state index contributed by atoms with van der Waals surface area (Å²) in [6, 6.07) is 6.32. The zero-order valence-corrected chi connectivity index (χ0v) is 14.8. The molecule has 1 aromatic carbocycles. The molecule has 1 aliphatic carbocycles. The molecule has 0 radical (unpaired) electrons. The van der Waals surface area contributed by atoms with E-state index < -0.39 is 11.5 Å². The van der Waals surface area contributed by atoms with E-state index >= 15 is 0 Å². The Bertz CT molecular complexity index is 932. The molecule has 2 aromatic rings. The third kappa shape index (κ3) is 3.33. The number of ether oxygens (including phenoxy) is 2. The lowest BCUT2D eigenvalue weighted by molar-refractivity contribution is 0.0952. The van der Waals surface area contributed by atoms with Gasteiger partial charge in [0.05, 0.1) is 19.9 Å². The van der Waals surface area contributed by atoms with Gasteiger partial charge < -0.3 is 19.8 Å². The van der Waals surface area contributed by atoms with E-state index in [-0.39, 0.29) is 17.3 Å². The Morgan fingerprint density at radius 2 is 1.92 bits per heavy atom. The Hall–Kier alpha value is -3.09. The molecule has 0 spiro atoms. The smallest absolute Gasteiger partial charge is 0.261 e. The lowest BCUT2D eigenvalue weighted by Gasteiger charge is -2.20. The number of rotatable bonds is 4. The molecule has 0 saturated heterocycles. The van der Waals surface area contributed by atoms with Gasteiger partial charge in [-0.3, -0.25) is 14.4 Å². The summed E-state index contributed by atoms with van der Waals surface area (Å²) in [5.41, 5.74) is 0.732. The van der Waals surface area contributed by atoms with E-state index in [4.69, 9.17) is 9.47 Å². The number of aromatic nitrogens is 1. The molecule has 7 heteroatoms. The highest BCUT2D eigenvalue weighted by Gasteiger charge is 2.26. The summed E-state index contributed by atoms with van der Waals surface area (Å²) in [5, 5.41) is 2.65. The molecule has 1 aliphatic rings. The van der Waals surface area contributed by atoms with Crippen LogP contribution >= 0.6 is 0 Å². The van der Waals surface area contributed by atoms with Crippen LogP contribution < -0.4 is 20.3 Å². The molecule has 0 fully saturated rings. The average molecular weight is 356 g/mol. The maximum Gasteiger partial charge on any atom is 0.261 e. The molecule has 3 rings (SSSR count). The van der Waals surface area contributed by atoms with Crippen molar-refractivity contribution >= 4 is 17.4 Å². The van der Waals surface area contributed by atoms with E-state index in [1.54, 1.807) is 18.2 Å². The number of nitrogens with one attached hydrogen (secondary N) is 2. The van der Waals surface area contributed by atoms with Crippen LogP contribution in [0, 0.1) is 5.92 Å². The molecule has 26 heavy (non-hydrogen) atoms. The van der Waals surface area contributed by atoms with E-state index in [9.17, 15) is 14.4 Å². The fourth-order valence-corrected chi connectivity index (χ4v) is 3.10. The predicted octanol–water partition coefficient (Wildman–Crippen LogP) is 2.41. The van der Waals surface area contributed by atoms with Crippen molar-refractivity contribution in [1.82, 2.24) is 4.98 Å². The highest BCUT2D eigenvalue weighted by atomic mass is 16.5. The standard InChI is InChI=1S/C19H20N2O5/c1-10-6-14-12(16(22)7-10)9-13(18(23)20-14)19(24)21-15-8-11(25-2)4-5-17(15)26-3/h4-5,8-10H,6-7H2,1-3H3,(H,20,23)(H,21,24)/t10-/m0/s1. The first kappa shape index (κ1) is 17.7. The SMILES string of the molecule is COc1ccc(OC)c(NC(=O)c2cc3c([nH]c2=O)C[C@H](C)CC3=O)c1. The third-order valence-electron chi connectivity index (χ3n) is 4.41. The van der Waals surface area contributed by atoms with Crippen LogP contribution in [0.5, 0.6) is 11.5 Å². The zero-order chi connectivity index (χ0) is 18.8. The number of hydrogen-bond acceptors (Lipinski definition) is 5. The van der Waals surface area contributed by atoms with Crippen LogP contribution in [-0.2, 0) is 6.42 Å². The topological polar surface area (TPSA) is 97.5 Å². The van der Waals surface area contributed by atoms with Crippen LogP contribution in [0.3, 0.4) is 0 Å². The summed E-state index contributed by atoms with van der Waals surface area (Å²) >= 11 is 0. The molecular formula is C19H20N2O5. The van der Waals surface area contributed by atoms with Crippen LogP contribution in [0.1, 0.15) is 39.8 Å². The molecule has 0 bridgehead atoms. The van der Waals surface area contributed by atoms with Gasteiger partial charge in [0.25, 0.3) is 11.5 Å². The molecule has 136 valence electrons. The Kier molecular flexibility index (Phi) is 4.79. The lowest BCUT2D eigenvalue weighted by Crippen LogP contribution is -2.29. The second kappa shape index (κ2) is 7.03. The number of benzene rings is 1. The summed E-state index contributed by atoms with van der Waals surface area (Å²) in [7, 11) is 2.98. The normalized spacial score (nSPS) is 16.0. The third-order valence-corrected chi connectivity index (χ3v) is 4.41. The summed E-state index contributed by atoms with van der Waals surface area (Å²) in [4.78, 5) is 39.9. The van der Waals surface area contributed by atoms with Crippen molar-refractivity contribution in [2.75, 3.05) is 19.5 Å². The van der Waals surface area contributed by atoms with Crippen LogP contribution in [0.2, 0.25) is 0 Å². The number of amides is 1. The molecule has 0 unspecified atom stereocenters. The minimum absolute atomic E-state index is 0.0667. The van der Waals surface area contributed by atoms with Crippen molar-refractivity contribution in [3.8, 4) is 11.5 Å². The van der Waals surface area contributed by atoms with Gasteiger partial charge in [0.15, 0.2) is 5.78 Å². The fourth-order valence-electron chi connectivity index (χ4n) is 3.10. The number of Topliss-reactive ketones (excluding diaryl/α,β-unsaturated/α-hetero) is 1. The Morgan fingerprint density at radius 1 is 1.15 bits per heavy atom. The first-order chi connectivity index (χ1) is 12.4. The van der Waals surface area contributed by atoms with Crippen molar-refractivity contribution in [3.63, 3.8) is 0 Å². The van der Waals surface area contributed by atoms with Crippen LogP contribution in [0.15, 0.2) is 29.1 Å². The molecule has 7 nitrogen and oxygen atoms in total. The minimum Gasteiger partial charge on any atom is -0.497 e. The summed E-state index contributed by atoms with van der Waals surface area (Å²) in [6.45, 7) is 1.95. The van der Waals surface area contributed by atoms with Gasteiger partial charge in [0.2, 0.25) is 0 Å². The van der Waals surface area contributed by atoms with E-state index in [1.165, 1.54) is 20.3 Å². The molecule has 1 heterocycles. The summed E-state index contributed by atoms with van der Waals surface area (Å²) in [5.74, 6) is 0.449. The maximum absolute atomic E-state index is 12.6. The van der Waals surface area contributed by atoms with Gasteiger partial charge in [0.1, 0.15) is 17.1 Å². The Labute approximate surface area is 150 Å². The second-order valence-corrected chi connectivity index (χ2v) is 6.36. The van der Waals surface area contributed by atoms with Gasteiger partial charge in [-0.2, -0.15) is 0 Å². The van der Waals surface area contributed by atoms with Gasteiger partial charge in [-0.1, -0.05) is 6.92 Å². The lowest BCUT2D eigenvalue weighted by atomic mass is 9.86. The number of carbonyl (C=O) groups excluding carboxylic acids is 2.